The van der Waals surface area contributed by atoms with E-state index in [-0.39, 0.29) is 0 Å². The molecule has 1 unspecified atom stereocenters. The summed E-state index contributed by atoms with van der Waals surface area (Å²) in [6, 6.07) is 0.535. The molecule has 0 aromatic heterocycles. The number of hydrogen-bond donors (Lipinski definition) is 1. The highest BCUT2D eigenvalue weighted by Crippen LogP contribution is 2.01. The molecule has 0 aliphatic rings. The van der Waals surface area contributed by atoms with Crippen molar-refractivity contribution in [3.63, 3.8) is 0 Å². The summed E-state index contributed by atoms with van der Waals surface area (Å²) in [4.78, 5) is 0. The third kappa shape index (κ3) is 6.62. The molecule has 1 N–H and O–H groups in total. The number of hydrogen-bond acceptors (Lipinski definition) is 2. The average molecular weight is 173 g/mol. The fourth-order valence-corrected chi connectivity index (χ4v) is 1.07. The van der Waals surface area contributed by atoms with E-state index in [2.05, 4.69) is 26.1 Å². The van der Waals surface area contributed by atoms with Crippen LogP contribution in [0.25, 0.3) is 0 Å². The largest absolute Gasteiger partial charge is 0.377 e. The number of rotatable bonds is 7. The molecule has 0 bridgehead atoms. The van der Waals surface area contributed by atoms with E-state index in [1.165, 1.54) is 19.3 Å². The maximum absolute atomic E-state index is 5.53. The molecule has 0 spiro atoms. The Hall–Kier alpha value is -0.0800. The number of nitrogens with one attached hydrogen (secondary N) is 1. The lowest BCUT2D eigenvalue weighted by Crippen LogP contribution is -2.31. The normalized spacial score (nSPS) is 13.8. The lowest BCUT2D eigenvalue weighted by molar-refractivity contribution is 0.0607. The second-order valence-electron chi connectivity index (χ2n) is 3.51. The lowest BCUT2D eigenvalue weighted by Gasteiger charge is -2.17. The van der Waals surface area contributed by atoms with Crippen molar-refractivity contribution >= 4 is 0 Å². The van der Waals surface area contributed by atoms with Crippen molar-refractivity contribution < 1.29 is 4.74 Å². The first-order valence-corrected chi connectivity index (χ1v) is 4.99. The van der Waals surface area contributed by atoms with E-state index in [9.17, 15) is 0 Å². The van der Waals surface area contributed by atoms with Crippen LogP contribution in [0.1, 0.15) is 40.0 Å². The Morgan fingerprint density at radius 3 is 2.42 bits per heavy atom. The Bertz CT molecular complexity index is 93.8. The summed E-state index contributed by atoms with van der Waals surface area (Å²) in [7, 11) is 2.00. The molecule has 0 aliphatic carbocycles. The van der Waals surface area contributed by atoms with Crippen LogP contribution >= 0.6 is 0 Å². The summed E-state index contributed by atoms with van der Waals surface area (Å²) in [6.07, 6.45) is 4.12. The molecular formula is C10H23NO. The molecule has 0 aliphatic heterocycles. The van der Waals surface area contributed by atoms with Gasteiger partial charge in [0.2, 0.25) is 0 Å². The maximum Gasteiger partial charge on any atom is 0.0622 e. The van der Waals surface area contributed by atoms with Crippen LogP contribution in [0.4, 0.5) is 0 Å². The monoisotopic (exact) mass is 173 g/mol. The van der Waals surface area contributed by atoms with Gasteiger partial charge in [-0.05, 0) is 27.3 Å². The summed E-state index contributed by atoms with van der Waals surface area (Å²) >= 11 is 0. The molecule has 0 fully saturated rings. The molecule has 1 atom stereocenters. The van der Waals surface area contributed by atoms with Crippen molar-refractivity contribution in [2.45, 2.75) is 52.2 Å². The molecule has 2 heteroatoms. The molecule has 2 nitrogen and oxygen atoms in total. The van der Waals surface area contributed by atoms with Crippen molar-refractivity contribution in [3.8, 4) is 0 Å². The van der Waals surface area contributed by atoms with Gasteiger partial charge in [0.15, 0.2) is 0 Å². The SMILES string of the molecule is CCCCC(COC(C)C)NC. The number of ether oxygens (including phenoxy) is 1. The van der Waals surface area contributed by atoms with Gasteiger partial charge in [-0.25, -0.2) is 0 Å². The second kappa shape index (κ2) is 7.56. The maximum atomic E-state index is 5.53. The Balaban J connectivity index is 3.39. The average Bonchev–Trinajstić information content (AvgIpc) is 2.05. The molecule has 0 amide bonds. The minimum atomic E-state index is 0.350. The van der Waals surface area contributed by atoms with Crippen LogP contribution in [0.5, 0.6) is 0 Å². The minimum absolute atomic E-state index is 0.350. The molecule has 12 heavy (non-hydrogen) atoms. The Morgan fingerprint density at radius 2 is 2.00 bits per heavy atom. The topological polar surface area (TPSA) is 21.3 Å². The van der Waals surface area contributed by atoms with Gasteiger partial charge in [0.1, 0.15) is 0 Å². The number of likely N-dealkylation sites (N-methyl/N-ethyl adjacent to an activating group) is 1. The quantitative estimate of drug-likeness (QED) is 0.637. The molecule has 0 radical (unpaired) electrons. The summed E-state index contributed by atoms with van der Waals surface area (Å²) in [5.41, 5.74) is 0. The first-order chi connectivity index (χ1) is 5.70. The zero-order chi connectivity index (χ0) is 9.40. The van der Waals surface area contributed by atoms with Crippen LogP contribution in [0.3, 0.4) is 0 Å². The van der Waals surface area contributed by atoms with Crippen molar-refractivity contribution in [2.24, 2.45) is 0 Å². The standard InChI is InChI=1S/C10H23NO/c1-5-6-7-10(11-4)8-12-9(2)3/h9-11H,5-8H2,1-4H3. The third-order valence-corrected chi connectivity index (χ3v) is 1.95. The first kappa shape index (κ1) is 11.9. The zero-order valence-corrected chi connectivity index (χ0v) is 8.89. The van der Waals surface area contributed by atoms with E-state index >= 15 is 0 Å². The van der Waals surface area contributed by atoms with E-state index in [0.717, 1.165) is 6.61 Å². The van der Waals surface area contributed by atoms with Crippen LogP contribution in [-0.4, -0.2) is 25.8 Å². The highest BCUT2D eigenvalue weighted by molar-refractivity contribution is 4.63. The van der Waals surface area contributed by atoms with E-state index in [1.54, 1.807) is 0 Å². The predicted octanol–water partition coefficient (Wildman–Crippen LogP) is 2.19. The van der Waals surface area contributed by atoms with E-state index in [1.807, 2.05) is 7.05 Å². The Kier molecular flexibility index (Phi) is 7.51. The fourth-order valence-electron chi connectivity index (χ4n) is 1.07. The van der Waals surface area contributed by atoms with Crippen molar-refractivity contribution in [2.75, 3.05) is 13.7 Å². The van der Waals surface area contributed by atoms with Gasteiger partial charge in [0.05, 0.1) is 12.7 Å². The minimum Gasteiger partial charge on any atom is -0.377 e. The van der Waals surface area contributed by atoms with Crippen molar-refractivity contribution in [3.05, 3.63) is 0 Å². The molecule has 0 saturated heterocycles. The molecule has 74 valence electrons. The summed E-state index contributed by atoms with van der Waals surface area (Å²) < 4.78 is 5.53. The molecule has 0 heterocycles. The Labute approximate surface area is 76.7 Å². The van der Waals surface area contributed by atoms with E-state index < -0.39 is 0 Å². The van der Waals surface area contributed by atoms with Gasteiger partial charge in [-0.1, -0.05) is 19.8 Å². The number of unbranched alkanes of at least 4 members (excludes halogenated alkanes) is 1. The van der Waals surface area contributed by atoms with Gasteiger partial charge in [0.25, 0.3) is 0 Å². The smallest absolute Gasteiger partial charge is 0.0622 e. The van der Waals surface area contributed by atoms with Crippen LogP contribution < -0.4 is 5.32 Å². The van der Waals surface area contributed by atoms with E-state index in [4.69, 9.17) is 4.74 Å². The summed E-state index contributed by atoms with van der Waals surface area (Å²) in [6.45, 7) is 7.21. The van der Waals surface area contributed by atoms with Gasteiger partial charge < -0.3 is 10.1 Å². The highest BCUT2D eigenvalue weighted by atomic mass is 16.5. The molecular weight excluding hydrogens is 150 g/mol. The molecule has 0 aromatic carbocycles. The highest BCUT2D eigenvalue weighted by Gasteiger charge is 2.05. The Morgan fingerprint density at radius 1 is 1.33 bits per heavy atom. The second-order valence-corrected chi connectivity index (χ2v) is 3.51. The third-order valence-electron chi connectivity index (χ3n) is 1.95. The van der Waals surface area contributed by atoms with Gasteiger partial charge in [0, 0.05) is 6.04 Å². The van der Waals surface area contributed by atoms with Crippen LogP contribution in [0.15, 0.2) is 0 Å². The van der Waals surface area contributed by atoms with Crippen LogP contribution in [-0.2, 0) is 4.74 Å². The predicted molar refractivity (Wildman–Crippen MR) is 53.5 cm³/mol. The molecule has 0 rings (SSSR count). The molecule has 0 aromatic rings. The van der Waals surface area contributed by atoms with Crippen molar-refractivity contribution in [1.29, 1.82) is 0 Å². The van der Waals surface area contributed by atoms with Crippen LogP contribution in [0.2, 0.25) is 0 Å². The van der Waals surface area contributed by atoms with Gasteiger partial charge >= 0.3 is 0 Å². The summed E-state index contributed by atoms with van der Waals surface area (Å²) in [5.74, 6) is 0. The van der Waals surface area contributed by atoms with Gasteiger partial charge in [-0.3, -0.25) is 0 Å². The molecule has 0 saturated carbocycles. The van der Waals surface area contributed by atoms with Crippen LogP contribution in [0, 0.1) is 0 Å². The van der Waals surface area contributed by atoms with Gasteiger partial charge in [-0.2, -0.15) is 0 Å². The zero-order valence-electron chi connectivity index (χ0n) is 8.89. The van der Waals surface area contributed by atoms with Gasteiger partial charge in [-0.15, -0.1) is 0 Å². The lowest BCUT2D eigenvalue weighted by atomic mass is 10.1. The van der Waals surface area contributed by atoms with Crippen molar-refractivity contribution in [1.82, 2.24) is 5.32 Å². The first-order valence-electron chi connectivity index (χ1n) is 4.99. The fraction of sp³-hybridized carbons (Fsp3) is 1.00. The summed E-state index contributed by atoms with van der Waals surface area (Å²) in [5, 5.41) is 3.27. The van der Waals surface area contributed by atoms with E-state index in [0.29, 0.717) is 12.1 Å².